The summed E-state index contributed by atoms with van der Waals surface area (Å²) in [6, 6.07) is 5.32. The molecule has 3 nitrogen and oxygen atoms in total. The molecule has 1 fully saturated rings. The van der Waals surface area contributed by atoms with Crippen LogP contribution in [0.2, 0.25) is 0 Å². The highest BCUT2D eigenvalue weighted by atomic mass is 16.3. The van der Waals surface area contributed by atoms with E-state index in [4.69, 9.17) is 4.42 Å². The van der Waals surface area contributed by atoms with Crippen molar-refractivity contribution in [1.29, 1.82) is 0 Å². The van der Waals surface area contributed by atoms with Crippen LogP contribution in [0.3, 0.4) is 0 Å². The molecule has 1 aromatic heterocycles. The Kier molecular flexibility index (Phi) is 4.24. The van der Waals surface area contributed by atoms with Crippen LogP contribution in [0.15, 0.2) is 22.8 Å². The maximum atomic E-state index is 5.40. The minimum atomic E-state index is 0.589. The standard InChI is InChI=1S/C14H24N2O/c1-11(2)15-9-12-6-7-14(12)16(3)10-13-5-4-8-17-13/h4-5,8,11-12,14-15H,6-7,9-10H2,1-3H3. The van der Waals surface area contributed by atoms with E-state index in [1.54, 1.807) is 6.26 Å². The largest absolute Gasteiger partial charge is 0.468 e. The molecule has 1 aromatic rings. The molecule has 0 amide bonds. The maximum absolute atomic E-state index is 5.40. The van der Waals surface area contributed by atoms with Gasteiger partial charge < -0.3 is 9.73 Å². The summed E-state index contributed by atoms with van der Waals surface area (Å²) in [6.07, 6.45) is 4.43. The molecule has 0 aliphatic heterocycles. The van der Waals surface area contributed by atoms with Gasteiger partial charge >= 0.3 is 0 Å². The molecule has 0 aromatic carbocycles. The minimum absolute atomic E-state index is 0.589. The first-order valence-electron chi connectivity index (χ1n) is 6.63. The van der Waals surface area contributed by atoms with Crippen molar-refractivity contribution in [2.75, 3.05) is 13.6 Å². The average Bonchev–Trinajstić information content (AvgIpc) is 2.68. The third-order valence-electron chi connectivity index (χ3n) is 3.72. The van der Waals surface area contributed by atoms with E-state index < -0.39 is 0 Å². The minimum Gasteiger partial charge on any atom is -0.468 e. The van der Waals surface area contributed by atoms with Gasteiger partial charge in [0.25, 0.3) is 0 Å². The zero-order valence-corrected chi connectivity index (χ0v) is 11.1. The van der Waals surface area contributed by atoms with Crippen molar-refractivity contribution in [3.63, 3.8) is 0 Å². The molecule has 17 heavy (non-hydrogen) atoms. The van der Waals surface area contributed by atoms with Crippen LogP contribution in [0.4, 0.5) is 0 Å². The molecule has 1 heterocycles. The second-order valence-corrected chi connectivity index (χ2v) is 5.46. The van der Waals surface area contributed by atoms with Gasteiger partial charge in [-0.3, -0.25) is 4.90 Å². The Hall–Kier alpha value is -0.800. The van der Waals surface area contributed by atoms with Crippen LogP contribution in [0, 0.1) is 5.92 Å². The van der Waals surface area contributed by atoms with Crippen LogP contribution in [-0.4, -0.2) is 30.6 Å². The fraction of sp³-hybridized carbons (Fsp3) is 0.714. The van der Waals surface area contributed by atoms with Crippen LogP contribution in [-0.2, 0) is 6.54 Å². The number of hydrogen-bond donors (Lipinski definition) is 1. The second kappa shape index (κ2) is 5.69. The van der Waals surface area contributed by atoms with Gasteiger partial charge in [0.15, 0.2) is 0 Å². The van der Waals surface area contributed by atoms with E-state index in [0.717, 1.165) is 24.8 Å². The van der Waals surface area contributed by atoms with Gasteiger partial charge in [0, 0.05) is 12.1 Å². The highest BCUT2D eigenvalue weighted by Gasteiger charge is 2.33. The van der Waals surface area contributed by atoms with E-state index in [9.17, 15) is 0 Å². The molecule has 1 N–H and O–H groups in total. The van der Waals surface area contributed by atoms with Crippen molar-refractivity contribution in [3.05, 3.63) is 24.2 Å². The number of furan rings is 1. The van der Waals surface area contributed by atoms with Gasteiger partial charge in [-0.1, -0.05) is 13.8 Å². The molecule has 1 aliphatic carbocycles. The fourth-order valence-electron chi connectivity index (χ4n) is 2.52. The number of nitrogens with zero attached hydrogens (tertiary/aromatic N) is 1. The summed E-state index contributed by atoms with van der Waals surface area (Å²) in [6.45, 7) is 6.49. The lowest BCUT2D eigenvalue weighted by Crippen LogP contribution is -2.49. The molecule has 0 bridgehead atoms. The summed E-state index contributed by atoms with van der Waals surface area (Å²) in [7, 11) is 2.20. The van der Waals surface area contributed by atoms with Crippen LogP contribution in [0.5, 0.6) is 0 Å². The lowest BCUT2D eigenvalue weighted by atomic mass is 9.78. The van der Waals surface area contributed by atoms with Crippen molar-refractivity contribution in [1.82, 2.24) is 10.2 Å². The van der Waals surface area contributed by atoms with Crippen molar-refractivity contribution >= 4 is 0 Å². The van der Waals surface area contributed by atoms with Crippen LogP contribution < -0.4 is 5.32 Å². The van der Waals surface area contributed by atoms with E-state index in [1.807, 2.05) is 6.07 Å². The van der Waals surface area contributed by atoms with E-state index in [1.165, 1.54) is 12.8 Å². The van der Waals surface area contributed by atoms with Gasteiger partial charge in [0.1, 0.15) is 5.76 Å². The molecule has 2 atom stereocenters. The molecule has 0 spiro atoms. The summed E-state index contributed by atoms with van der Waals surface area (Å²) >= 11 is 0. The quantitative estimate of drug-likeness (QED) is 0.822. The Bertz CT molecular complexity index is 321. The smallest absolute Gasteiger partial charge is 0.117 e. The summed E-state index contributed by atoms with van der Waals surface area (Å²) < 4.78 is 5.40. The number of rotatable bonds is 6. The molecule has 2 unspecified atom stereocenters. The van der Waals surface area contributed by atoms with Crippen molar-refractivity contribution in [3.8, 4) is 0 Å². The highest BCUT2D eigenvalue weighted by molar-refractivity contribution is 4.99. The molecule has 1 saturated carbocycles. The van der Waals surface area contributed by atoms with Crippen LogP contribution in [0.25, 0.3) is 0 Å². The Morgan fingerprint density at radius 2 is 2.29 bits per heavy atom. The van der Waals surface area contributed by atoms with Gasteiger partial charge in [0.05, 0.1) is 12.8 Å². The predicted molar refractivity (Wildman–Crippen MR) is 69.8 cm³/mol. The third kappa shape index (κ3) is 3.33. The molecule has 96 valence electrons. The fourth-order valence-corrected chi connectivity index (χ4v) is 2.52. The van der Waals surface area contributed by atoms with Gasteiger partial charge in [0.2, 0.25) is 0 Å². The normalized spacial score (nSPS) is 24.3. The highest BCUT2D eigenvalue weighted by Crippen LogP contribution is 2.31. The predicted octanol–water partition coefficient (Wildman–Crippen LogP) is 2.49. The molecular formula is C14H24N2O. The Morgan fingerprint density at radius 1 is 1.47 bits per heavy atom. The van der Waals surface area contributed by atoms with E-state index in [-0.39, 0.29) is 0 Å². The van der Waals surface area contributed by atoms with Crippen LogP contribution >= 0.6 is 0 Å². The summed E-state index contributed by atoms with van der Waals surface area (Å²) in [5.41, 5.74) is 0. The van der Waals surface area contributed by atoms with Gasteiger partial charge in [-0.05, 0) is 44.5 Å². The molecule has 0 saturated heterocycles. The van der Waals surface area contributed by atoms with E-state index >= 15 is 0 Å². The number of nitrogens with one attached hydrogen (secondary N) is 1. The van der Waals surface area contributed by atoms with Crippen molar-refractivity contribution in [2.45, 2.75) is 45.3 Å². The monoisotopic (exact) mass is 236 g/mol. The van der Waals surface area contributed by atoms with Gasteiger partial charge in [-0.25, -0.2) is 0 Å². The Labute approximate surface area is 104 Å². The lowest BCUT2D eigenvalue weighted by Gasteiger charge is -2.43. The topological polar surface area (TPSA) is 28.4 Å². The zero-order valence-electron chi connectivity index (χ0n) is 11.1. The SMILES string of the molecule is CC(C)NCC1CCC1N(C)Cc1ccco1. The van der Waals surface area contributed by atoms with Gasteiger partial charge in [-0.15, -0.1) is 0 Å². The zero-order chi connectivity index (χ0) is 12.3. The molecule has 2 rings (SSSR count). The van der Waals surface area contributed by atoms with Crippen molar-refractivity contribution in [2.24, 2.45) is 5.92 Å². The second-order valence-electron chi connectivity index (χ2n) is 5.46. The van der Waals surface area contributed by atoms with Crippen LogP contribution in [0.1, 0.15) is 32.4 Å². The molecule has 3 heteroatoms. The Morgan fingerprint density at radius 3 is 2.82 bits per heavy atom. The van der Waals surface area contributed by atoms with Crippen molar-refractivity contribution < 1.29 is 4.42 Å². The molecule has 0 radical (unpaired) electrons. The van der Waals surface area contributed by atoms with E-state index in [2.05, 4.69) is 37.2 Å². The molecular weight excluding hydrogens is 212 g/mol. The maximum Gasteiger partial charge on any atom is 0.117 e. The Balaban J connectivity index is 1.77. The average molecular weight is 236 g/mol. The number of hydrogen-bond acceptors (Lipinski definition) is 3. The first-order chi connectivity index (χ1) is 8.16. The summed E-state index contributed by atoms with van der Waals surface area (Å²) in [4.78, 5) is 2.43. The summed E-state index contributed by atoms with van der Waals surface area (Å²) in [5.74, 6) is 1.87. The first-order valence-corrected chi connectivity index (χ1v) is 6.63. The molecule has 1 aliphatic rings. The lowest BCUT2D eigenvalue weighted by molar-refractivity contribution is 0.0716. The van der Waals surface area contributed by atoms with Gasteiger partial charge in [-0.2, -0.15) is 0 Å². The van der Waals surface area contributed by atoms with E-state index in [0.29, 0.717) is 12.1 Å². The summed E-state index contributed by atoms with van der Waals surface area (Å²) in [5, 5.41) is 3.54. The third-order valence-corrected chi connectivity index (χ3v) is 3.72. The first kappa shape index (κ1) is 12.7.